The molecule has 0 radical (unpaired) electrons. The molecular formula is C12H17N3O5. The number of pyridine rings is 1. The number of hydrogen-bond acceptors (Lipinski definition) is 6. The van der Waals surface area contributed by atoms with Crippen LogP contribution in [0.2, 0.25) is 0 Å². The minimum atomic E-state index is -1.26. The standard InChI is InChI=1S/C12H17N3O5/c1-8(7-16)3-2-4-13-11-10(15(19)20)5-9(6-14-11)12(17)18/h5-6,8,16H,2-4,7H2,1H3,(H,13,14)(H,17,18). The third-order valence-corrected chi connectivity index (χ3v) is 2.79. The van der Waals surface area contributed by atoms with Crippen molar-refractivity contribution in [2.45, 2.75) is 19.8 Å². The summed E-state index contributed by atoms with van der Waals surface area (Å²) < 4.78 is 0. The number of aromatic carboxylic acids is 1. The van der Waals surface area contributed by atoms with Gasteiger partial charge in [-0.25, -0.2) is 9.78 Å². The number of nitro groups is 1. The fourth-order valence-corrected chi connectivity index (χ4v) is 1.59. The molecule has 0 amide bonds. The fourth-order valence-electron chi connectivity index (χ4n) is 1.59. The highest BCUT2D eigenvalue weighted by molar-refractivity contribution is 5.88. The molecule has 8 nitrogen and oxygen atoms in total. The Morgan fingerprint density at radius 2 is 2.30 bits per heavy atom. The second-order valence-corrected chi connectivity index (χ2v) is 4.51. The summed E-state index contributed by atoms with van der Waals surface area (Å²) in [5, 5.41) is 31.3. The van der Waals surface area contributed by atoms with Crippen LogP contribution in [0.5, 0.6) is 0 Å². The lowest BCUT2D eigenvalue weighted by Gasteiger charge is -2.09. The summed E-state index contributed by atoms with van der Waals surface area (Å²) in [6.45, 7) is 2.47. The topological polar surface area (TPSA) is 126 Å². The molecule has 0 fully saturated rings. The summed E-state index contributed by atoms with van der Waals surface area (Å²) in [5.41, 5.74) is -0.587. The molecule has 1 atom stereocenters. The molecule has 0 saturated heterocycles. The monoisotopic (exact) mass is 283 g/mol. The van der Waals surface area contributed by atoms with Crippen molar-refractivity contribution in [2.24, 2.45) is 5.92 Å². The molecule has 0 saturated carbocycles. The van der Waals surface area contributed by atoms with Crippen LogP contribution < -0.4 is 5.32 Å². The molecule has 0 spiro atoms. The third kappa shape index (κ3) is 4.47. The Bertz CT molecular complexity index is 492. The second kappa shape index (κ2) is 7.39. The lowest BCUT2D eigenvalue weighted by molar-refractivity contribution is -0.384. The van der Waals surface area contributed by atoms with Crippen molar-refractivity contribution in [1.29, 1.82) is 0 Å². The van der Waals surface area contributed by atoms with E-state index in [0.29, 0.717) is 6.54 Å². The van der Waals surface area contributed by atoms with Gasteiger partial charge in [-0.15, -0.1) is 0 Å². The van der Waals surface area contributed by atoms with Crippen molar-refractivity contribution in [3.8, 4) is 0 Å². The van der Waals surface area contributed by atoms with Crippen LogP contribution in [0.25, 0.3) is 0 Å². The van der Waals surface area contributed by atoms with Crippen molar-refractivity contribution in [3.05, 3.63) is 27.9 Å². The second-order valence-electron chi connectivity index (χ2n) is 4.51. The largest absolute Gasteiger partial charge is 0.478 e. The van der Waals surface area contributed by atoms with Crippen LogP contribution in [-0.2, 0) is 0 Å². The molecule has 1 unspecified atom stereocenters. The summed E-state index contributed by atoms with van der Waals surface area (Å²) in [4.78, 5) is 24.7. The predicted octanol–water partition coefficient (Wildman–Crippen LogP) is 1.51. The van der Waals surface area contributed by atoms with E-state index in [1.54, 1.807) is 0 Å². The van der Waals surface area contributed by atoms with Crippen LogP contribution in [0.1, 0.15) is 30.1 Å². The normalized spacial score (nSPS) is 11.9. The fraction of sp³-hybridized carbons (Fsp3) is 0.500. The van der Waals surface area contributed by atoms with Gasteiger partial charge in [0.15, 0.2) is 0 Å². The maximum absolute atomic E-state index is 10.9. The highest BCUT2D eigenvalue weighted by atomic mass is 16.6. The molecule has 1 rings (SSSR count). The molecule has 0 aliphatic carbocycles. The van der Waals surface area contributed by atoms with Crippen LogP contribution >= 0.6 is 0 Å². The maximum Gasteiger partial charge on any atom is 0.337 e. The van der Waals surface area contributed by atoms with Crippen molar-refractivity contribution in [2.75, 3.05) is 18.5 Å². The SMILES string of the molecule is CC(CO)CCCNc1ncc(C(=O)O)cc1[N+](=O)[O-]. The number of carboxylic acid groups (broad SMARTS) is 1. The first-order valence-corrected chi connectivity index (χ1v) is 6.18. The summed E-state index contributed by atoms with van der Waals surface area (Å²) in [6.07, 6.45) is 2.58. The smallest absolute Gasteiger partial charge is 0.337 e. The highest BCUT2D eigenvalue weighted by Gasteiger charge is 2.18. The molecule has 0 bridgehead atoms. The lowest BCUT2D eigenvalue weighted by atomic mass is 10.1. The Labute approximate surface area is 115 Å². The average molecular weight is 283 g/mol. The van der Waals surface area contributed by atoms with Crippen LogP contribution in [0, 0.1) is 16.0 Å². The van der Waals surface area contributed by atoms with Crippen LogP contribution in [-0.4, -0.2) is 39.2 Å². The summed E-state index contributed by atoms with van der Waals surface area (Å²) in [7, 11) is 0. The van der Waals surface area contributed by atoms with Gasteiger partial charge in [-0.1, -0.05) is 6.92 Å². The van der Waals surface area contributed by atoms with E-state index >= 15 is 0 Å². The Kier molecular flexibility index (Phi) is 5.85. The van der Waals surface area contributed by atoms with Gasteiger partial charge in [0.2, 0.25) is 5.82 Å². The van der Waals surface area contributed by atoms with E-state index in [1.165, 1.54) is 0 Å². The molecule has 8 heteroatoms. The Morgan fingerprint density at radius 1 is 1.60 bits per heavy atom. The van der Waals surface area contributed by atoms with E-state index in [-0.39, 0.29) is 29.6 Å². The van der Waals surface area contributed by atoms with Crippen molar-refractivity contribution >= 4 is 17.5 Å². The van der Waals surface area contributed by atoms with Gasteiger partial charge in [0.25, 0.3) is 0 Å². The van der Waals surface area contributed by atoms with Gasteiger partial charge in [-0.2, -0.15) is 0 Å². The van der Waals surface area contributed by atoms with E-state index in [0.717, 1.165) is 25.1 Å². The Morgan fingerprint density at radius 3 is 2.85 bits per heavy atom. The van der Waals surface area contributed by atoms with Crippen LogP contribution in [0.3, 0.4) is 0 Å². The number of hydrogen-bond donors (Lipinski definition) is 3. The van der Waals surface area contributed by atoms with E-state index < -0.39 is 10.9 Å². The molecule has 0 aliphatic rings. The van der Waals surface area contributed by atoms with E-state index in [2.05, 4.69) is 10.3 Å². The lowest BCUT2D eigenvalue weighted by Crippen LogP contribution is -2.10. The maximum atomic E-state index is 10.9. The van der Waals surface area contributed by atoms with E-state index in [1.807, 2.05) is 6.92 Å². The van der Waals surface area contributed by atoms with Crippen molar-refractivity contribution in [1.82, 2.24) is 4.98 Å². The average Bonchev–Trinajstić information content (AvgIpc) is 2.42. The quantitative estimate of drug-likeness (QED) is 0.375. The van der Waals surface area contributed by atoms with Crippen molar-refractivity contribution in [3.63, 3.8) is 0 Å². The molecule has 1 heterocycles. The highest BCUT2D eigenvalue weighted by Crippen LogP contribution is 2.22. The number of aliphatic hydroxyl groups is 1. The zero-order valence-electron chi connectivity index (χ0n) is 11.1. The molecule has 0 aliphatic heterocycles. The number of carbonyl (C=O) groups is 1. The Balaban J connectivity index is 2.70. The predicted molar refractivity (Wildman–Crippen MR) is 71.8 cm³/mol. The van der Waals surface area contributed by atoms with Gasteiger partial charge >= 0.3 is 11.7 Å². The molecule has 3 N–H and O–H groups in total. The van der Waals surface area contributed by atoms with E-state index in [4.69, 9.17) is 10.2 Å². The first-order valence-electron chi connectivity index (χ1n) is 6.18. The number of carboxylic acids is 1. The van der Waals surface area contributed by atoms with Gasteiger partial charge in [0, 0.05) is 25.4 Å². The number of aliphatic hydroxyl groups excluding tert-OH is 1. The summed E-state index contributed by atoms with van der Waals surface area (Å²) >= 11 is 0. The van der Waals surface area contributed by atoms with Gasteiger partial charge in [0.05, 0.1) is 10.5 Å². The Hall–Kier alpha value is -2.22. The number of nitrogens with zero attached hydrogens (tertiary/aromatic N) is 2. The molecule has 1 aromatic heterocycles. The van der Waals surface area contributed by atoms with Gasteiger partial charge in [-0.3, -0.25) is 10.1 Å². The molecule has 1 aromatic rings. The molecule has 110 valence electrons. The first-order chi connectivity index (χ1) is 9.45. The molecular weight excluding hydrogens is 266 g/mol. The molecule has 0 aromatic carbocycles. The zero-order valence-corrected chi connectivity index (χ0v) is 11.1. The van der Waals surface area contributed by atoms with Gasteiger partial charge < -0.3 is 15.5 Å². The molecule has 20 heavy (non-hydrogen) atoms. The number of rotatable bonds is 8. The van der Waals surface area contributed by atoms with Crippen LogP contribution in [0.4, 0.5) is 11.5 Å². The first kappa shape index (κ1) is 15.8. The van der Waals surface area contributed by atoms with Gasteiger partial charge in [-0.05, 0) is 18.8 Å². The minimum absolute atomic E-state index is 0.0525. The summed E-state index contributed by atoms with van der Waals surface area (Å²) in [6, 6.07) is 0.980. The van der Waals surface area contributed by atoms with Gasteiger partial charge in [0.1, 0.15) is 0 Å². The summed E-state index contributed by atoms with van der Waals surface area (Å²) in [5.74, 6) is -1.03. The number of aromatic nitrogens is 1. The number of nitrogens with one attached hydrogen (secondary N) is 1. The van der Waals surface area contributed by atoms with E-state index in [9.17, 15) is 14.9 Å². The third-order valence-electron chi connectivity index (χ3n) is 2.79. The zero-order chi connectivity index (χ0) is 15.1. The number of anilines is 1. The van der Waals surface area contributed by atoms with Crippen molar-refractivity contribution < 1.29 is 19.9 Å². The van der Waals surface area contributed by atoms with Crippen LogP contribution in [0.15, 0.2) is 12.3 Å². The minimum Gasteiger partial charge on any atom is -0.478 e.